The fraction of sp³-hybridized carbons (Fsp3) is 0. The third-order valence-electron chi connectivity index (χ3n) is 2.84. The minimum Gasteiger partial charge on any atom is -0.351 e. The average molecular weight is 332 g/mol. The second-order valence-electron chi connectivity index (χ2n) is 4.41. The lowest BCUT2D eigenvalue weighted by atomic mass is 10.0. The Balaban J connectivity index is 2.31. The van der Waals surface area contributed by atoms with E-state index in [0.29, 0.717) is 26.9 Å². The molecule has 0 radical (unpaired) electrons. The van der Waals surface area contributed by atoms with E-state index < -0.39 is 6.03 Å². The zero-order valence-electron chi connectivity index (χ0n) is 11.3. The summed E-state index contributed by atoms with van der Waals surface area (Å²) in [6.45, 7) is 0. The Kier molecular flexibility index (Phi) is 5.05. The summed E-state index contributed by atoms with van der Waals surface area (Å²) in [5.41, 5.74) is 7.54. The molecule has 0 heterocycles. The van der Waals surface area contributed by atoms with Crippen molar-refractivity contribution < 1.29 is 4.79 Å². The molecule has 3 N–H and O–H groups in total. The summed E-state index contributed by atoms with van der Waals surface area (Å²) in [7, 11) is 0. The Morgan fingerprint density at radius 3 is 2.36 bits per heavy atom. The third-order valence-corrected chi connectivity index (χ3v) is 3.58. The highest BCUT2D eigenvalue weighted by Crippen LogP contribution is 2.25. The monoisotopic (exact) mass is 331 g/mol. The number of rotatable bonds is 3. The van der Waals surface area contributed by atoms with Crippen LogP contribution in [0.3, 0.4) is 0 Å². The molecule has 2 rings (SSSR count). The molecule has 0 atom stereocenters. The van der Waals surface area contributed by atoms with Crippen molar-refractivity contribution in [3.63, 3.8) is 0 Å². The smallest absolute Gasteiger partial charge is 0.316 e. The van der Waals surface area contributed by atoms with Gasteiger partial charge < -0.3 is 11.1 Å². The molecule has 0 aromatic heterocycles. The van der Waals surface area contributed by atoms with Gasteiger partial charge in [0.15, 0.2) is 0 Å². The minimum atomic E-state index is -0.639. The highest BCUT2D eigenvalue weighted by molar-refractivity contribution is 6.42. The Morgan fingerprint density at radius 2 is 1.82 bits per heavy atom. The maximum atomic E-state index is 10.8. The number of hydrogen-bond acceptors (Lipinski definition) is 2. The number of hydrogen-bond donors (Lipinski definition) is 2. The van der Waals surface area contributed by atoms with Crippen LogP contribution in [-0.4, -0.2) is 6.03 Å². The number of anilines is 1. The SMILES string of the molecule is N#C/C(=C\c1ccc(Cl)c(Cl)c1)c1ccc(NC(N)=O)cc1. The van der Waals surface area contributed by atoms with Crippen LogP contribution < -0.4 is 11.1 Å². The first-order valence-corrected chi connectivity index (χ1v) is 6.99. The molecule has 0 saturated heterocycles. The molecule has 0 spiro atoms. The fourth-order valence-electron chi connectivity index (χ4n) is 1.82. The number of primary amides is 1. The summed E-state index contributed by atoms with van der Waals surface area (Å²) in [5.74, 6) is 0. The number of nitrogens with zero attached hydrogens (tertiary/aromatic N) is 1. The van der Waals surface area contributed by atoms with Gasteiger partial charge in [-0.15, -0.1) is 0 Å². The Morgan fingerprint density at radius 1 is 1.14 bits per heavy atom. The molecule has 0 aliphatic heterocycles. The number of carbonyl (C=O) groups is 1. The van der Waals surface area contributed by atoms with Crippen LogP contribution >= 0.6 is 23.2 Å². The molecule has 2 aromatic rings. The van der Waals surface area contributed by atoms with Gasteiger partial charge in [0.05, 0.1) is 21.7 Å². The summed E-state index contributed by atoms with van der Waals surface area (Å²) < 4.78 is 0. The van der Waals surface area contributed by atoms with Crippen molar-refractivity contribution in [3.05, 3.63) is 63.6 Å². The molecule has 22 heavy (non-hydrogen) atoms. The molecule has 6 heteroatoms. The molecule has 2 aromatic carbocycles. The van der Waals surface area contributed by atoms with Crippen molar-refractivity contribution >= 4 is 46.6 Å². The number of carbonyl (C=O) groups excluding carboxylic acids is 1. The number of amides is 2. The van der Waals surface area contributed by atoms with E-state index in [1.807, 2.05) is 0 Å². The van der Waals surface area contributed by atoms with Crippen molar-refractivity contribution in [2.45, 2.75) is 0 Å². The molecular weight excluding hydrogens is 321 g/mol. The van der Waals surface area contributed by atoms with Crippen LogP contribution in [0.15, 0.2) is 42.5 Å². The van der Waals surface area contributed by atoms with Crippen LogP contribution in [0.2, 0.25) is 10.0 Å². The number of allylic oxidation sites excluding steroid dienone is 1. The average Bonchev–Trinajstić information content (AvgIpc) is 2.49. The highest BCUT2D eigenvalue weighted by Gasteiger charge is 2.04. The number of benzene rings is 2. The maximum absolute atomic E-state index is 10.8. The van der Waals surface area contributed by atoms with Crippen LogP contribution in [0, 0.1) is 11.3 Å². The zero-order chi connectivity index (χ0) is 16.1. The predicted octanol–water partition coefficient (Wildman–Crippen LogP) is 4.55. The Bertz CT molecular complexity index is 777. The van der Waals surface area contributed by atoms with E-state index in [-0.39, 0.29) is 0 Å². The van der Waals surface area contributed by atoms with Gasteiger partial charge in [0, 0.05) is 5.69 Å². The first kappa shape index (κ1) is 15.9. The molecule has 0 saturated carbocycles. The number of nitrogens with two attached hydrogens (primary N) is 1. The summed E-state index contributed by atoms with van der Waals surface area (Å²) >= 11 is 11.8. The Labute approximate surface area is 137 Å². The largest absolute Gasteiger partial charge is 0.351 e. The summed E-state index contributed by atoms with van der Waals surface area (Å²) in [5, 5.41) is 12.7. The van der Waals surface area contributed by atoms with Gasteiger partial charge in [-0.05, 0) is 41.5 Å². The van der Waals surface area contributed by atoms with Gasteiger partial charge >= 0.3 is 6.03 Å². The number of nitrogens with one attached hydrogen (secondary N) is 1. The van der Waals surface area contributed by atoms with Gasteiger partial charge in [0.1, 0.15) is 0 Å². The molecular formula is C16H11Cl2N3O. The van der Waals surface area contributed by atoms with E-state index in [9.17, 15) is 10.1 Å². The van der Waals surface area contributed by atoms with Crippen molar-refractivity contribution in [3.8, 4) is 6.07 Å². The van der Waals surface area contributed by atoms with Crippen LogP contribution in [0.25, 0.3) is 11.6 Å². The number of nitriles is 1. The molecule has 0 aliphatic carbocycles. The summed E-state index contributed by atoms with van der Waals surface area (Å²) in [6, 6.07) is 13.4. The molecule has 110 valence electrons. The molecule has 4 nitrogen and oxygen atoms in total. The fourth-order valence-corrected chi connectivity index (χ4v) is 2.13. The van der Waals surface area contributed by atoms with E-state index in [2.05, 4.69) is 11.4 Å². The van der Waals surface area contributed by atoms with E-state index in [1.54, 1.807) is 48.5 Å². The number of urea groups is 1. The number of halogens is 2. The molecule has 0 aliphatic rings. The Hall–Kier alpha value is -2.48. The second kappa shape index (κ2) is 6.99. The van der Waals surface area contributed by atoms with E-state index in [4.69, 9.17) is 28.9 Å². The normalized spacial score (nSPS) is 10.9. The first-order valence-electron chi connectivity index (χ1n) is 6.23. The lowest BCUT2D eigenvalue weighted by Crippen LogP contribution is -2.19. The lowest BCUT2D eigenvalue weighted by Gasteiger charge is -2.04. The van der Waals surface area contributed by atoms with Crippen molar-refractivity contribution in [1.29, 1.82) is 5.26 Å². The second-order valence-corrected chi connectivity index (χ2v) is 5.22. The zero-order valence-corrected chi connectivity index (χ0v) is 12.8. The van der Waals surface area contributed by atoms with Gasteiger partial charge in [-0.1, -0.05) is 41.4 Å². The van der Waals surface area contributed by atoms with Crippen LogP contribution in [0.1, 0.15) is 11.1 Å². The maximum Gasteiger partial charge on any atom is 0.316 e. The van der Waals surface area contributed by atoms with Gasteiger partial charge in [-0.3, -0.25) is 0 Å². The minimum absolute atomic E-state index is 0.425. The van der Waals surface area contributed by atoms with Crippen molar-refractivity contribution in [2.24, 2.45) is 5.73 Å². The molecule has 0 unspecified atom stereocenters. The molecule has 0 fully saturated rings. The standard InChI is InChI=1S/C16H11Cl2N3O/c17-14-6-1-10(8-15(14)18)7-12(9-19)11-2-4-13(5-3-11)21-16(20)22/h1-8H,(H3,20,21,22)/b12-7+. The van der Waals surface area contributed by atoms with Crippen LogP contribution in [0.4, 0.5) is 10.5 Å². The third kappa shape index (κ3) is 4.01. The first-order chi connectivity index (χ1) is 10.5. The van der Waals surface area contributed by atoms with Crippen LogP contribution in [0.5, 0.6) is 0 Å². The van der Waals surface area contributed by atoms with Gasteiger partial charge in [0.2, 0.25) is 0 Å². The predicted molar refractivity (Wildman–Crippen MR) is 89.6 cm³/mol. The van der Waals surface area contributed by atoms with E-state index >= 15 is 0 Å². The van der Waals surface area contributed by atoms with Gasteiger partial charge in [0.25, 0.3) is 0 Å². The van der Waals surface area contributed by atoms with Crippen LogP contribution in [-0.2, 0) is 0 Å². The highest BCUT2D eigenvalue weighted by atomic mass is 35.5. The van der Waals surface area contributed by atoms with Crippen molar-refractivity contribution in [1.82, 2.24) is 0 Å². The lowest BCUT2D eigenvalue weighted by molar-refractivity contribution is 0.259. The molecule has 2 amide bonds. The summed E-state index contributed by atoms with van der Waals surface area (Å²) in [4.78, 5) is 10.8. The quantitative estimate of drug-likeness (QED) is 0.639. The molecule has 0 bridgehead atoms. The van der Waals surface area contributed by atoms with E-state index in [1.165, 1.54) is 0 Å². The topological polar surface area (TPSA) is 78.9 Å². The van der Waals surface area contributed by atoms with E-state index in [0.717, 1.165) is 5.56 Å². The van der Waals surface area contributed by atoms with Crippen molar-refractivity contribution in [2.75, 3.05) is 5.32 Å². The summed E-state index contributed by atoms with van der Waals surface area (Å²) in [6.07, 6.45) is 1.71. The van der Waals surface area contributed by atoms with Gasteiger partial charge in [-0.2, -0.15) is 5.26 Å². The van der Waals surface area contributed by atoms with Gasteiger partial charge in [-0.25, -0.2) is 4.79 Å².